The minimum atomic E-state index is -3.51. The first-order chi connectivity index (χ1) is 6.03. The van der Waals surface area contributed by atoms with Crippen molar-refractivity contribution in [3.8, 4) is 0 Å². The van der Waals surface area contributed by atoms with E-state index in [1.54, 1.807) is 20.8 Å². The van der Waals surface area contributed by atoms with Gasteiger partial charge in [-0.2, -0.15) is 0 Å². The van der Waals surface area contributed by atoms with Crippen LogP contribution in [0.4, 0.5) is 0 Å². The first-order valence-corrected chi connectivity index (χ1v) is 5.91. The van der Waals surface area contributed by atoms with Gasteiger partial charge in [-0.05, 0) is 12.3 Å². The number of aliphatic carboxylic acids is 1. The van der Waals surface area contributed by atoms with Crippen molar-refractivity contribution < 1.29 is 18.3 Å². The van der Waals surface area contributed by atoms with Crippen LogP contribution in [0, 0.1) is 5.41 Å². The molecule has 84 valence electrons. The van der Waals surface area contributed by atoms with E-state index in [-0.39, 0.29) is 11.2 Å². The van der Waals surface area contributed by atoms with Crippen LogP contribution in [0.2, 0.25) is 0 Å². The van der Waals surface area contributed by atoms with E-state index in [1.165, 1.54) is 6.92 Å². The van der Waals surface area contributed by atoms with Gasteiger partial charge in [-0.15, -0.1) is 0 Å². The van der Waals surface area contributed by atoms with Gasteiger partial charge in [0, 0.05) is 0 Å². The van der Waals surface area contributed by atoms with Crippen molar-refractivity contribution >= 4 is 16.0 Å². The van der Waals surface area contributed by atoms with E-state index in [2.05, 4.69) is 4.72 Å². The Bertz CT molecular complexity index is 302. The average Bonchev–Trinajstić information content (AvgIpc) is 1.78. The van der Waals surface area contributed by atoms with E-state index in [0.717, 1.165) is 0 Å². The molecule has 0 rings (SSSR count). The molecule has 14 heavy (non-hydrogen) atoms. The zero-order valence-corrected chi connectivity index (χ0v) is 9.68. The number of carboxylic acid groups (broad SMARTS) is 1. The van der Waals surface area contributed by atoms with Gasteiger partial charge in [0.05, 0.1) is 5.75 Å². The summed E-state index contributed by atoms with van der Waals surface area (Å²) in [5.41, 5.74) is -0.385. The molecule has 0 aliphatic heterocycles. The van der Waals surface area contributed by atoms with E-state index >= 15 is 0 Å². The number of rotatable bonds is 4. The standard InChI is InChI=1S/C8H17NO4S/c1-6(7(10)11)9-14(12,13)5-8(2,3)4/h6,9H,5H2,1-4H3,(H,10,11)/t6-/m0/s1. The highest BCUT2D eigenvalue weighted by molar-refractivity contribution is 7.89. The second-order valence-electron chi connectivity index (χ2n) is 4.50. The highest BCUT2D eigenvalue weighted by Crippen LogP contribution is 2.15. The van der Waals surface area contributed by atoms with E-state index in [1.807, 2.05) is 0 Å². The quantitative estimate of drug-likeness (QED) is 0.723. The van der Waals surface area contributed by atoms with Gasteiger partial charge in [-0.1, -0.05) is 20.8 Å². The average molecular weight is 223 g/mol. The second kappa shape index (κ2) is 4.27. The molecular weight excluding hydrogens is 206 g/mol. The smallest absolute Gasteiger partial charge is 0.321 e. The third-order valence-corrected chi connectivity index (χ3v) is 3.31. The molecule has 0 aliphatic carbocycles. The number of carbonyl (C=O) groups is 1. The van der Waals surface area contributed by atoms with E-state index in [9.17, 15) is 13.2 Å². The monoisotopic (exact) mass is 223 g/mol. The van der Waals surface area contributed by atoms with Crippen molar-refractivity contribution in [1.29, 1.82) is 0 Å². The normalized spacial score (nSPS) is 15.1. The highest BCUT2D eigenvalue weighted by Gasteiger charge is 2.25. The summed E-state index contributed by atoms with van der Waals surface area (Å²) < 4.78 is 24.9. The Balaban J connectivity index is 4.45. The molecule has 0 radical (unpaired) electrons. The molecule has 0 aliphatic rings. The molecule has 0 amide bonds. The Morgan fingerprint density at radius 3 is 2.14 bits per heavy atom. The minimum Gasteiger partial charge on any atom is -0.480 e. The summed E-state index contributed by atoms with van der Waals surface area (Å²) in [6.45, 7) is 6.62. The Hall–Kier alpha value is -0.620. The molecule has 0 bridgehead atoms. The van der Waals surface area contributed by atoms with Crippen LogP contribution in [0.25, 0.3) is 0 Å². The molecule has 0 aromatic rings. The van der Waals surface area contributed by atoms with Crippen molar-refractivity contribution in [2.45, 2.75) is 33.7 Å². The Labute approximate surface area is 84.6 Å². The molecule has 0 aromatic heterocycles. The van der Waals surface area contributed by atoms with Crippen LogP contribution in [0.5, 0.6) is 0 Å². The summed E-state index contributed by atoms with van der Waals surface area (Å²) in [5, 5.41) is 8.52. The molecule has 0 unspecified atom stereocenters. The molecule has 1 atom stereocenters. The van der Waals surface area contributed by atoms with Crippen LogP contribution in [-0.2, 0) is 14.8 Å². The van der Waals surface area contributed by atoms with Crippen LogP contribution in [0.3, 0.4) is 0 Å². The Morgan fingerprint density at radius 2 is 1.86 bits per heavy atom. The van der Waals surface area contributed by atoms with Crippen LogP contribution in [0.15, 0.2) is 0 Å². The maximum atomic E-state index is 11.4. The van der Waals surface area contributed by atoms with Gasteiger partial charge >= 0.3 is 5.97 Å². The van der Waals surface area contributed by atoms with E-state index in [0.29, 0.717) is 0 Å². The van der Waals surface area contributed by atoms with Gasteiger partial charge in [-0.3, -0.25) is 4.79 Å². The maximum absolute atomic E-state index is 11.4. The summed E-state index contributed by atoms with van der Waals surface area (Å²) in [7, 11) is -3.51. The third-order valence-electron chi connectivity index (χ3n) is 1.35. The first kappa shape index (κ1) is 13.4. The van der Waals surface area contributed by atoms with Gasteiger partial charge < -0.3 is 5.11 Å². The Morgan fingerprint density at radius 1 is 1.43 bits per heavy atom. The van der Waals surface area contributed by atoms with E-state index < -0.39 is 22.0 Å². The summed E-state index contributed by atoms with van der Waals surface area (Å²) in [5.74, 6) is -1.26. The molecule has 0 saturated carbocycles. The van der Waals surface area contributed by atoms with Gasteiger partial charge in [0.25, 0.3) is 0 Å². The number of sulfonamides is 1. The van der Waals surface area contributed by atoms with Gasteiger partial charge in [0.15, 0.2) is 0 Å². The summed E-state index contributed by atoms with van der Waals surface area (Å²) in [6, 6.07) is -1.08. The lowest BCUT2D eigenvalue weighted by atomic mass is 10.0. The zero-order chi connectivity index (χ0) is 11.6. The molecule has 0 heterocycles. The van der Waals surface area contributed by atoms with Crippen LogP contribution < -0.4 is 4.72 Å². The van der Waals surface area contributed by atoms with Gasteiger partial charge in [0.2, 0.25) is 10.0 Å². The molecule has 0 fully saturated rings. The predicted molar refractivity (Wildman–Crippen MR) is 53.5 cm³/mol. The maximum Gasteiger partial charge on any atom is 0.321 e. The molecular formula is C8H17NO4S. The van der Waals surface area contributed by atoms with Crippen LogP contribution in [-0.4, -0.2) is 31.3 Å². The summed E-state index contributed by atoms with van der Waals surface area (Å²) in [6.07, 6.45) is 0. The fourth-order valence-electron chi connectivity index (χ4n) is 0.931. The number of hydrogen-bond acceptors (Lipinski definition) is 3. The molecule has 0 saturated heterocycles. The van der Waals surface area contributed by atoms with E-state index in [4.69, 9.17) is 5.11 Å². The van der Waals surface area contributed by atoms with Gasteiger partial charge in [-0.25, -0.2) is 13.1 Å². The number of hydrogen-bond donors (Lipinski definition) is 2. The molecule has 2 N–H and O–H groups in total. The fourth-order valence-corrected chi connectivity index (χ4v) is 2.79. The fraction of sp³-hybridized carbons (Fsp3) is 0.875. The van der Waals surface area contributed by atoms with Crippen molar-refractivity contribution in [3.05, 3.63) is 0 Å². The summed E-state index contributed by atoms with van der Waals surface area (Å²) >= 11 is 0. The van der Waals surface area contributed by atoms with Crippen molar-refractivity contribution in [2.24, 2.45) is 5.41 Å². The third kappa shape index (κ3) is 5.93. The zero-order valence-electron chi connectivity index (χ0n) is 8.86. The lowest BCUT2D eigenvalue weighted by Crippen LogP contribution is -2.41. The second-order valence-corrected chi connectivity index (χ2v) is 6.25. The van der Waals surface area contributed by atoms with Crippen molar-refractivity contribution in [3.63, 3.8) is 0 Å². The van der Waals surface area contributed by atoms with Gasteiger partial charge in [0.1, 0.15) is 6.04 Å². The first-order valence-electron chi connectivity index (χ1n) is 4.26. The van der Waals surface area contributed by atoms with Crippen molar-refractivity contribution in [2.75, 3.05) is 5.75 Å². The minimum absolute atomic E-state index is 0.0857. The predicted octanol–water partition coefficient (Wildman–Crippen LogP) is 0.425. The summed E-state index contributed by atoms with van der Waals surface area (Å²) in [4.78, 5) is 10.4. The van der Waals surface area contributed by atoms with Crippen LogP contribution in [0.1, 0.15) is 27.7 Å². The SMILES string of the molecule is C[C@H](NS(=O)(=O)CC(C)(C)C)C(=O)O. The topological polar surface area (TPSA) is 83.5 Å². The molecule has 6 heteroatoms. The highest BCUT2D eigenvalue weighted by atomic mass is 32.2. The largest absolute Gasteiger partial charge is 0.480 e. The molecule has 5 nitrogen and oxygen atoms in total. The molecule has 0 spiro atoms. The van der Waals surface area contributed by atoms with Crippen LogP contribution >= 0.6 is 0 Å². The lowest BCUT2D eigenvalue weighted by molar-refractivity contribution is -0.138. The van der Waals surface area contributed by atoms with Crippen molar-refractivity contribution in [1.82, 2.24) is 4.72 Å². The Kier molecular flexibility index (Phi) is 4.08. The lowest BCUT2D eigenvalue weighted by Gasteiger charge is -2.19. The molecule has 0 aromatic carbocycles. The number of nitrogens with one attached hydrogen (secondary N) is 1. The number of carboxylic acids is 1.